The topological polar surface area (TPSA) is 63.7 Å². The van der Waals surface area contributed by atoms with Crippen LogP contribution in [0.4, 0.5) is 0 Å². The number of hydrogen-bond acceptors (Lipinski definition) is 4. The number of piperidine rings is 1. The van der Waals surface area contributed by atoms with Crippen molar-refractivity contribution in [1.29, 1.82) is 0 Å². The predicted molar refractivity (Wildman–Crippen MR) is 81.3 cm³/mol. The lowest BCUT2D eigenvalue weighted by Crippen LogP contribution is -2.46. The maximum atomic E-state index is 12.7. The normalized spacial score (nSPS) is 25.7. The van der Waals surface area contributed by atoms with Gasteiger partial charge in [0.05, 0.1) is 19.3 Å². The lowest BCUT2D eigenvalue weighted by molar-refractivity contribution is -0.141. The van der Waals surface area contributed by atoms with Crippen LogP contribution in [0.2, 0.25) is 0 Å². The van der Waals surface area contributed by atoms with Gasteiger partial charge in [0.25, 0.3) is 0 Å². The Bertz CT molecular complexity index is 443. The van der Waals surface area contributed by atoms with Gasteiger partial charge in [0.2, 0.25) is 10.0 Å². The van der Waals surface area contributed by atoms with Crippen LogP contribution >= 0.6 is 0 Å². The van der Waals surface area contributed by atoms with Crippen LogP contribution < -0.4 is 0 Å². The van der Waals surface area contributed by atoms with Crippen molar-refractivity contribution >= 4 is 16.0 Å². The first-order valence-corrected chi connectivity index (χ1v) is 9.70. The van der Waals surface area contributed by atoms with Gasteiger partial charge < -0.3 is 4.74 Å². The average molecular weight is 317 g/mol. The van der Waals surface area contributed by atoms with Crippen LogP contribution in [0.15, 0.2) is 0 Å². The van der Waals surface area contributed by atoms with E-state index >= 15 is 0 Å². The first-order chi connectivity index (χ1) is 10.0. The maximum Gasteiger partial charge on any atom is 0.307 e. The van der Waals surface area contributed by atoms with Crippen molar-refractivity contribution in [3.63, 3.8) is 0 Å². The first-order valence-electron chi connectivity index (χ1n) is 8.09. The minimum Gasteiger partial charge on any atom is -0.469 e. The van der Waals surface area contributed by atoms with Crippen LogP contribution in [-0.2, 0) is 19.6 Å². The minimum atomic E-state index is -3.26. The van der Waals surface area contributed by atoms with E-state index in [9.17, 15) is 13.2 Å². The Morgan fingerprint density at radius 3 is 2.43 bits per heavy atom. The summed E-state index contributed by atoms with van der Waals surface area (Å²) < 4.78 is 31.7. The molecular formula is C15H27NO4S. The third kappa shape index (κ3) is 4.68. The molecule has 6 heteroatoms. The molecule has 21 heavy (non-hydrogen) atoms. The lowest BCUT2D eigenvalue weighted by Gasteiger charge is -2.35. The van der Waals surface area contributed by atoms with E-state index in [0.29, 0.717) is 12.5 Å². The number of hydrogen-bond donors (Lipinski definition) is 0. The van der Waals surface area contributed by atoms with E-state index in [0.717, 1.165) is 44.9 Å². The average Bonchev–Trinajstić information content (AvgIpc) is 2.48. The van der Waals surface area contributed by atoms with Crippen LogP contribution in [0, 0.1) is 5.92 Å². The van der Waals surface area contributed by atoms with Crippen molar-refractivity contribution in [3.8, 4) is 0 Å². The van der Waals surface area contributed by atoms with E-state index in [1.807, 2.05) is 0 Å². The molecule has 2 aliphatic rings. The van der Waals surface area contributed by atoms with Gasteiger partial charge >= 0.3 is 5.97 Å². The molecule has 1 saturated carbocycles. The molecule has 0 aromatic rings. The number of esters is 1. The van der Waals surface area contributed by atoms with Crippen molar-refractivity contribution in [2.24, 2.45) is 5.92 Å². The fourth-order valence-electron chi connectivity index (χ4n) is 3.57. The summed E-state index contributed by atoms with van der Waals surface area (Å²) in [7, 11) is -1.91. The fraction of sp³-hybridized carbons (Fsp3) is 0.933. The van der Waals surface area contributed by atoms with Gasteiger partial charge in [0.1, 0.15) is 0 Å². The fourth-order valence-corrected chi connectivity index (χ4v) is 5.73. The van der Waals surface area contributed by atoms with Crippen LogP contribution in [-0.4, -0.2) is 44.1 Å². The van der Waals surface area contributed by atoms with E-state index in [1.165, 1.54) is 13.5 Å². The van der Waals surface area contributed by atoms with Gasteiger partial charge in [-0.25, -0.2) is 8.42 Å². The summed E-state index contributed by atoms with van der Waals surface area (Å²) in [6.07, 6.45) is 8.38. The smallest absolute Gasteiger partial charge is 0.307 e. The van der Waals surface area contributed by atoms with Crippen LogP contribution in [0.5, 0.6) is 0 Å². The number of nitrogens with zero attached hydrogens (tertiary/aromatic N) is 1. The van der Waals surface area contributed by atoms with Gasteiger partial charge in [-0.15, -0.1) is 0 Å². The van der Waals surface area contributed by atoms with E-state index in [2.05, 4.69) is 0 Å². The molecule has 0 N–H and O–H groups in total. The molecule has 122 valence electrons. The molecule has 2 rings (SSSR count). The van der Waals surface area contributed by atoms with Crippen LogP contribution in [0.3, 0.4) is 0 Å². The van der Waals surface area contributed by atoms with Gasteiger partial charge in [-0.2, -0.15) is 4.31 Å². The third-order valence-corrected chi connectivity index (χ3v) is 6.82. The zero-order valence-corrected chi connectivity index (χ0v) is 13.7. The molecule has 0 aromatic carbocycles. The van der Waals surface area contributed by atoms with Gasteiger partial charge in [0.15, 0.2) is 0 Å². The summed E-state index contributed by atoms with van der Waals surface area (Å²) in [6, 6.07) is -0.209. The monoisotopic (exact) mass is 317 g/mol. The Hall–Kier alpha value is -0.620. The van der Waals surface area contributed by atoms with Crippen molar-refractivity contribution in [1.82, 2.24) is 4.31 Å². The Kier molecular flexibility index (Phi) is 6.05. The highest BCUT2D eigenvalue weighted by atomic mass is 32.2. The highest BCUT2D eigenvalue weighted by Gasteiger charge is 2.35. The SMILES string of the molecule is COC(=O)CC1CCCCN1S(=O)(=O)CC1CCCCC1. The van der Waals surface area contributed by atoms with Crippen molar-refractivity contribution in [2.75, 3.05) is 19.4 Å². The molecule has 0 radical (unpaired) electrons. The molecule has 1 unspecified atom stereocenters. The highest BCUT2D eigenvalue weighted by Crippen LogP contribution is 2.29. The quantitative estimate of drug-likeness (QED) is 0.730. The number of carbonyl (C=O) groups excluding carboxylic acids is 1. The third-order valence-electron chi connectivity index (χ3n) is 4.73. The van der Waals surface area contributed by atoms with Gasteiger partial charge in [-0.1, -0.05) is 25.7 Å². The largest absolute Gasteiger partial charge is 0.469 e. The standard InChI is InChI=1S/C15H27NO4S/c1-20-15(17)11-14-9-5-6-10-16(14)21(18,19)12-13-7-3-2-4-8-13/h13-14H,2-12H2,1H3. The number of carbonyl (C=O) groups is 1. The zero-order valence-electron chi connectivity index (χ0n) is 12.9. The highest BCUT2D eigenvalue weighted by molar-refractivity contribution is 7.89. The zero-order chi connectivity index (χ0) is 15.3. The van der Waals surface area contributed by atoms with Gasteiger partial charge in [0, 0.05) is 12.6 Å². The molecule has 0 aromatic heterocycles. The number of rotatable bonds is 5. The molecule has 1 aliphatic heterocycles. The predicted octanol–water partition coefficient (Wildman–Crippen LogP) is 2.31. The van der Waals surface area contributed by atoms with Crippen molar-refractivity contribution < 1.29 is 17.9 Å². The molecule has 1 atom stereocenters. The second-order valence-corrected chi connectivity index (χ2v) is 8.29. The van der Waals surface area contributed by atoms with Crippen LogP contribution in [0.25, 0.3) is 0 Å². The van der Waals surface area contributed by atoms with E-state index in [1.54, 1.807) is 4.31 Å². The van der Waals surface area contributed by atoms with Gasteiger partial charge in [-0.3, -0.25) is 4.79 Å². The molecule has 0 bridgehead atoms. The second-order valence-electron chi connectivity index (χ2n) is 6.32. The summed E-state index contributed by atoms with van der Waals surface area (Å²) in [5.41, 5.74) is 0. The molecular weight excluding hydrogens is 290 g/mol. The Morgan fingerprint density at radius 2 is 1.76 bits per heavy atom. The minimum absolute atomic E-state index is 0.181. The van der Waals surface area contributed by atoms with Crippen molar-refractivity contribution in [2.45, 2.75) is 63.8 Å². The molecule has 0 spiro atoms. The summed E-state index contributed by atoms with van der Waals surface area (Å²) in [5.74, 6) is 0.231. The summed E-state index contributed by atoms with van der Waals surface area (Å²) >= 11 is 0. The molecule has 1 aliphatic carbocycles. The molecule has 1 saturated heterocycles. The molecule has 5 nitrogen and oxygen atoms in total. The lowest BCUT2D eigenvalue weighted by atomic mass is 9.91. The summed E-state index contributed by atoms with van der Waals surface area (Å²) in [6.45, 7) is 0.552. The summed E-state index contributed by atoms with van der Waals surface area (Å²) in [5, 5.41) is 0. The number of sulfonamides is 1. The molecule has 0 amide bonds. The van der Waals surface area contributed by atoms with E-state index in [4.69, 9.17) is 4.74 Å². The Labute approximate surface area is 128 Å². The van der Waals surface area contributed by atoms with E-state index < -0.39 is 10.0 Å². The summed E-state index contributed by atoms with van der Waals surface area (Å²) in [4.78, 5) is 11.5. The second kappa shape index (κ2) is 7.58. The number of ether oxygens (including phenoxy) is 1. The van der Waals surface area contributed by atoms with Crippen LogP contribution in [0.1, 0.15) is 57.8 Å². The Morgan fingerprint density at radius 1 is 1.10 bits per heavy atom. The maximum absolute atomic E-state index is 12.7. The molecule has 1 heterocycles. The van der Waals surface area contributed by atoms with Crippen molar-refractivity contribution in [3.05, 3.63) is 0 Å². The first kappa shape index (κ1) is 16.7. The van der Waals surface area contributed by atoms with Gasteiger partial charge in [-0.05, 0) is 31.6 Å². The van der Waals surface area contributed by atoms with E-state index in [-0.39, 0.29) is 24.2 Å². The Balaban J connectivity index is 2.02. The number of methoxy groups -OCH3 is 1. The molecule has 2 fully saturated rings.